The van der Waals surface area contributed by atoms with E-state index in [1.807, 2.05) is 6.92 Å². The number of aliphatic hydroxyl groups excluding tert-OH is 1. The second-order valence-corrected chi connectivity index (χ2v) is 17.7. The van der Waals surface area contributed by atoms with Crippen molar-refractivity contribution in [2.75, 3.05) is 19.8 Å². The lowest BCUT2D eigenvalue weighted by Gasteiger charge is -2.64. The van der Waals surface area contributed by atoms with Gasteiger partial charge in [-0.05, 0) is 85.3 Å². The summed E-state index contributed by atoms with van der Waals surface area (Å²) >= 11 is 0. The molecule has 0 saturated heterocycles. The molecule has 0 aromatic carbocycles. The molecule has 3 aliphatic heterocycles. The van der Waals surface area contributed by atoms with Crippen molar-refractivity contribution >= 4 is 29.8 Å². The zero-order valence-electron chi connectivity index (χ0n) is 29.9. The first-order valence-electron chi connectivity index (χ1n) is 18.5. The number of cyclic esters (lactones) is 3. The van der Waals surface area contributed by atoms with Crippen LogP contribution >= 0.6 is 0 Å². The fourth-order valence-corrected chi connectivity index (χ4v) is 13.2. The van der Waals surface area contributed by atoms with Crippen LogP contribution in [0.1, 0.15) is 66.2 Å². The molecule has 0 aromatic rings. The minimum absolute atomic E-state index is 0.00686. The molecule has 0 radical (unpaired) electrons. The second kappa shape index (κ2) is 9.87. The first kappa shape index (κ1) is 33.7. The third kappa shape index (κ3) is 3.71. The van der Waals surface area contributed by atoms with Gasteiger partial charge in [-0.25, -0.2) is 14.4 Å². The van der Waals surface area contributed by atoms with E-state index in [2.05, 4.69) is 0 Å². The molecular weight excluding hydrogens is 692 g/mol. The van der Waals surface area contributed by atoms with Crippen molar-refractivity contribution in [1.29, 1.82) is 0 Å². The van der Waals surface area contributed by atoms with Crippen LogP contribution in [0.5, 0.6) is 0 Å². The van der Waals surface area contributed by atoms with Crippen LogP contribution in [0.2, 0.25) is 0 Å². The summed E-state index contributed by atoms with van der Waals surface area (Å²) in [5, 5.41) is 50.2. The van der Waals surface area contributed by atoms with E-state index >= 15 is 0 Å². The molecule has 7 aliphatic carbocycles. The number of carbonyl (C=O) groups excluding carboxylic acids is 5. The third-order valence-electron chi connectivity index (χ3n) is 15.5. The highest BCUT2D eigenvalue weighted by Gasteiger charge is 2.87. The van der Waals surface area contributed by atoms with Gasteiger partial charge in [0.25, 0.3) is 5.79 Å². The maximum Gasteiger partial charge on any atom is 0.338 e. The quantitative estimate of drug-likeness (QED) is 0.202. The van der Waals surface area contributed by atoms with Gasteiger partial charge in [0.1, 0.15) is 31.5 Å². The van der Waals surface area contributed by atoms with E-state index in [0.717, 1.165) is 0 Å². The van der Waals surface area contributed by atoms with E-state index in [0.29, 0.717) is 29.6 Å². The van der Waals surface area contributed by atoms with Gasteiger partial charge in [-0.3, -0.25) is 9.59 Å². The van der Waals surface area contributed by atoms with Gasteiger partial charge in [-0.2, -0.15) is 0 Å². The number of ether oxygens (including phenoxy) is 5. The summed E-state index contributed by atoms with van der Waals surface area (Å²) in [5.74, 6) is -8.74. The second-order valence-electron chi connectivity index (χ2n) is 17.7. The molecule has 14 heteroatoms. The Bertz CT molecular complexity index is 2020. The van der Waals surface area contributed by atoms with Crippen molar-refractivity contribution in [3.63, 3.8) is 0 Å². The van der Waals surface area contributed by atoms with Crippen LogP contribution in [0.25, 0.3) is 0 Å². The molecule has 2 bridgehead atoms. The highest BCUT2D eigenvalue weighted by atomic mass is 16.7. The Labute approximate surface area is 303 Å². The zero-order valence-corrected chi connectivity index (χ0v) is 29.9. The van der Waals surface area contributed by atoms with E-state index in [4.69, 9.17) is 23.7 Å². The van der Waals surface area contributed by atoms with Gasteiger partial charge in [0.05, 0.1) is 24.0 Å². The molecule has 1 spiro atoms. The number of rotatable bonds is 0. The van der Waals surface area contributed by atoms with E-state index in [1.54, 1.807) is 13.8 Å². The van der Waals surface area contributed by atoms with Crippen molar-refractivity contribution < 1.29 is 68.1 Å². The molecule has 0 aromatic heterocycles. The van der Waals surface area contributed by atoms with Crippen LogP contribution in [0, 0.1) is 46.3 Å². The molecular formula is C39H42O14. The lowest BCUT2D eigenvalue weighted by atomic mass is 9.42. The first-order chi connectivity index (χ1) is 24.9. The van der Waals surface area contributed by atoms with E-state index < -0.39 is 87.8 Å². The maximum atomic E-state index is 14.4. The fraction of sp³-hybridized carbons (Fsp3) is 0.667. The molecule has 10 rings (SSSR count). The standard InChI is InChI=1S/C39H42O14/c1-15-7-27(42)51-14-37(47)22-8-19(22)34(3)23(37)10-18-17(13-50-26(41)6-5-25(40)49-12-15)32(44)52-38(18)24(34)11-36(46)21-9-20(21)35(4)30(36)29(38)28-16(2)31(43)53-39(28,48)33(35)45/h7,19-24,33,45-48H,5-6,8-14H2,1-4H3/b15-7-/t19-,20-,21+,22+,23-,24+,33-,34+,35+,36+,37+,38-,39+/m1/s1. The number of hydrogen-bond donors (Lipinski definition) is 4. The number of hydrogen-bond acceptors (Lipinski definition) is 14. The Morgan fingerprint density at radius 1 is 0.774 bits per heavy atom. The molecule has 5 fully saturated rings. The van der Waals surface area contributed by atoms with Crippen molar-refractivity contribution in [1.82, 2.24) is 0 Å². The van der Waals surface area contributed by atoms with Crippen molar-refractivity contribution in [2.24, 2.45) is 46.3 Å². The van der Waals surface area contributed by atoms with Gasteiger partial charge in [0.15, 0.2) is 5.60 Å². The molecule has 4 N–H and O–H groups in total. The molecule has 53 heavy (non-hydrogen) atoms. The number of esters is 5. The highest BCUT2D eigenvalue weighted by molar-refractivity contribution is 5.98. The SMILES string of the molecule is CC1=C2C3=C4[C@](C)([C@@H]5C[C@@H]5[C@@]4(O)C[C@@H]4[C@@]35OC(=O)C3=C5C[C@H]5[C@](O)(COC(=O)/C=C(/C)COC(=O)CCC(=O)OC3)[C@H]3C[C@H]3[C@]45C)[C@@H](O)[C@@]2(O)OC1=O. The normalized spacial score (nSPS) is 51.7. The molecule has 10 aliphatic rings. The molecule has 5 saturated carbocycles. The van der Waals surface area contributed by atoms with Gasteiger partial charge < -0.3 is 44.1 Å². The molecule has 13 atom stereocenters. The lowest BCUT2D eigenvalue weighted by Crippen LogP contribution is -2.69. The maximum absolute atomic E-state index is 14.4. The van der Waals surface area contributed by atoms with Crippen LogP contribution in [0.15, 0.2) is 45.1 Å². The largest absolute Gasteiger partial charge is 0.461 e. The van der Waals surface area contributed by atoms with Gasteiger partial charge in [0.2, 0.25) is 0 Å². The summed E-state index contributed by atoms with van der Waals surface area (Å²) in [6.45, 7) is 5.75. The summed E-state index contributed by atoms with van der Waals surface area (Å²) < 4.78 is 28.8. The topological polar surface area (TPSA) is 212 Å². The minimum atomic E-state index is -2.51. The predicted octanol–water partition coefficient (Wildman–Crippen LogP) is 0.995. The Kier molecular flexibility index (Phi) is 6.27. The van der Waals surface area contributed by atoms with Crippen molar-refractivity contribution in [3.8, 4) is 0 Å². The van der Waals surface area contributed by atoms with Gasteiger partial charge in [-0.1, -0.05) is 13.8 Å². The summed E-state index contributed by atoms with van der Waals surface area (Å²) in [5.41, 5.74) is -5.48. The summed E-state index contributed by atoms with van der Waals surface area (Å²) in [7, 11) is 0. The fourth-order valence-electron chi connectivity index (χ4n) is 13.2. The highest BCUT2D eigenvalue weighted by Crippen LogP contribution is 2.84. The van der Waals surface area contributed by atoms with Crippen molar-refractivity contribution in [2.45, 2.75) is 94.9 Å². The summed E-state index contributed by atoms with van der Waals surface area (Å²) in [6.07, 6.45) is 0.162. The number of fused-ring (bicyclic) bond motifs is 9. The van der Waals surface area contributed by atoms with Crippen LogP contribution in [0.4, 0.5) is 0 Å². The molecule has 3 heterocycles. The molecule has 14 nitrogen and oxygen atoms in total. The van der Waals surface area contributed by atoms with E-state index in [1.165, 1.54) is 13.0 Å². The average Bonchev–Trinajstić information content (AvgIpc) is 4.01. The predicted molar refractivity (Wildman–Crippen MR) is 174 cm³/mol. The van der Waals surface area contributed by atoms with Crippen molar-refractivity contribution in [3.05, 3.63) is 45.1 Å². The van der Waals surface area contributed by atoms with Gasteiger partial charge >= 0.3 is 29.8 Å². The lowest BCUT2D eigenvalue weighted by molar-refractivity contribution is -0.244. The molecule has 0 amide bonds. The smallest absolute Gasteiger partial charge is 0.338 e. The first-order valence-corrected chi connectivity index (χ1v) is 18.5. The minimum Gasteiger partial charge on any atom is -0.461 e. The Balaban J connectivity index is 1.21. The van der Waals surface area contributed by atoms with Crippen LogP contribution in [-0.2, 0) is 47.7 Å². The van der Waals surface area contributed by atoms with Crippen LogP contribution in [0.3, 0.4) is 0 Å². The Morgan fingerprint density at radius 2 is 1.45 bits per heavy atom. The van der Waals surface area contributed by atoms with Gasteiger partial charge in [-0.15, -0.1) is 0 Å². The third-order valence-corrected chi connectivity index (χ3v) is 15.5. The average molecular weight is 735 g/mol. The van der Waals surface area contributed by atoms with Crippen LogP contribution < -0.4 is 0 Å². The number of carbonyl (C=O) groups is 5. The monoisotopic (exact) mass is 734 g/mol. The Hall–Kier alpha value is -3.85. The zero-order chi connectivity index (χ0) is 37.6. The molecule has 282 valence electrons. The summed E-state index contributed by atoms with van der Waals surface area (Å²) in [6, 6.07) is 0. The Morgan fingerprint density at radius 3 is 2.17 bits per heavy atom. The summed E-state index contributed by atoms with van der Waals surface area (Å²) in [4.78, 5) is 66.2. The van der Waals surface area contributed by atoms with E-state index in [-0.39, 0.29) is 84.9 Å². The van der Waals surface area contributed by atoms with Gasteiger partial charge in [0, 0.05) is 40.0 Å². The van der Waals surface area contributed by atoms with Crippen LogP contribution in [-0.4, -0.2) is 98.8 Å². The van der Waals surface area contributed by atoms with E-state index in [9.17, 15) is 44.4 Å². The molecule has 0 unspecified atom stereocenters. The number of aliphatic hydroxyl groups is 4.